The quantitative estimate of drug-likeness (QED) is 0.297. The molecule has 2 aromatic heterocycles. The number of oxazole rings is 1. The van der Waals surface area contributed by atoms with Crippen LogP contribution < -0.4 is 15.5 Å². The van der Waals surface area contributed by atoms with Crippen molar-refractivity contribution in [1.82, 2.24) is 15.0 Å². The van der Waals surface area contributed by atoms with Crippen LogP contribution in [0.3, 0.4) is 0 Å². The van der Waals surface area contributed by atoms with E-state index in [2.05, 4.69) is 30.5 Å². The minimum Gasteiger partial charge on any atom is -0.450 e. The molecule has 5 rings (SSSR count). The first-order valence-corrected chi connectivity index (χ1v) is 14.2. The molecule has 1 saturated carbocycles. The Morgan fingerprint density at radius 3 is 2.68 bits per heavy atom. The molecule has 3 heterocycles. The van der Waals surface area contributed by atoms with Crippen LogP contribution in [0.5, 0.6) is 0 Å². The summed E-state index contributed by atoms with van der Waals surface area (Å²) in [4.78, 5) is 25.4. The fourth-order valence-corrected chi connectivity index (χ4v) is 5.90. The van der Waals surface area contributed by atoms with Gasteiger partial charge in [0.15, 0.2) is 5.76 Å². The molecule has 0 unspecified atom stereocenters. The average molecular weight is 573 g/mol. The summed E-state index contributed by atoms with van der Waals surface area (Å²) in [6, 6.07) is 7.99. The van der Waals surface area contributed by atoms with E-state index in [0.717, 1.165) is 57.2 Å². The van der Waals surface area contributed by atoms with E-state index in [9.17, 15) is 18.0 Å². The third-order valence-electron chi connectivity index (χ3n) is 7.80. The molecule has 1 aliphatic carbocycles. The number of carbonyl (C=O) groups excluding carboxylic acids is 1. The lowest BCUT2D eigenvalue weighted by Gasteiger charge is -2.38. The number of halogens is 3. The zero-order valence-corrected chi connectivity index (χ0v) is 23.0. The Bertz CT molecular complexity index is 1300. The largest absolute Gasteiger partial charge is 0.451 e. The van der Waals surface area contributed by atoms with Gasteiger partial charge in [-0.25, -0.2) is 19.7 Å². The van der Waals surface area contributed by atoms with E-state index in [1.165, 1.54) is 18.8 Å². The van der Waals surface area contributed by atoms with Crippen molar-refractivity contribution in [2.75, 3.05) is 35.2 Å². The number of aromatic nitrogens is 3. The van der Waals surface area contributed by atoms with Gasteiger partial charge in [-0.15, -0.1) is 0 Å². The van der Waals surface area contributed by atoms with Crippen molar-refractivity contribution < 1.29 is 27.1 Å². The van der Waals surface area contributed by atoms with Gasteiger partial charge in [-0.3, -0.25) is 5.32 Å². The normalized spacial score (nSPS) is 21.4. The molecule has 0 bridgehead atoms. The first-order valence-electron chi connectivity index (χ1n) is 14.2. The first-order chi connectivity index (χ1) is 19.8. The topological polar surface area (TPSA) is 105 Å². The number of benzene rings is 1. The molecule has 1 saturated heterocycles. The van der Waals surface area contributed by atoms with Gasteiger partial charge in [0, 0.05) is 30.4 Å². The lowest BCUT2D eigenvalue weighted by atomic mass is 9.77. The van der Waals surface area contributed by atoms with E-state index in [4.69, 9.17) is 9.15 Å². The maximum absolute atomic E-state index is 12.9. The number of nitrogens with one attached hydrogen (secondary N) is 2. The molecule has 3 atom stereocenters. The number of carbonyl (C=O) groups is 1. The number of nitrogens with zero attached hydrogens (tertiary/aromatic N) is 4. The molecule has 2 aliphatic rings. The van der Waals surface area contributed by atoms with Gasteiger partial charge >= 0.3 is 12.3 Å². The van der Waals surface area contributed by atoms with Crippen molar-refractivity contribution in [3.05, 3.63) is 48.7 Å². The highest BCUT2D eigenvalue weighted by molar-refractivity contribution is 5.85. The second-order valence-electron chi connectivity index (χ2n) is 10.7. The highest BCUT2D eigenvalue weighted by atomic mass is 19.4. The van der Waals surface area contributed by atoms with Crippen LogP contribution in [0, 0.1) is 11.8 Å². The number of rotatable bonds is 8. The minimum absolute atomic E-state index is 0.219. The van der Waals surface area contributed by atoms with Crippen LogP contribution in [0.4, 0.5) is 35.4 Å². The molecular weight excluding hydrogens is 537 g/mol. The molecule has 1 aromatic carbocycles. The molecule has 220 valence electrons. The molecule has 9 nitrogen and oxygen atoms in total. The molecule has 0 radical (unpaired) electrons. The number of ether oxygens (including phenoxy) is 1. The smallest absolute Gasteiger partial charge is 0.450 e. The Labute approximate surface area is 236 Å². The van der Waals surface area contributed by atoms with E-state index >= 15 is 0 Å². The van der Waals surface area contributed by atoms with Gasteiger partial charge in [-0.1, -0.05) is 25.0 Å². The molecule has 3 aromatic rings. The van der Waals surface area contributed by atoms with E-state index < -0.39 is 18.1 Å². The molecule has 0 spiro atoms. The monoisotopic (exact) mass is 572 g/mol. The SMILES string of the molecule is CCOC(=O)Nc1cccc(-c2cnc(N[C@@H]3CCCC[C@H]3C[C@H]3CCCN(c4cnc(C(F)(F)F)nc4)C3)o2)c1. The summed E-state index contributed by atoms with van der Waals surface area (Å²) >= 11 is 0. The molecule has 2 N–H and O–H groups in total. The van der Waals surface area contributed by atoms with Crippen molar-refractivity contribution in [2.24, 2.45) is 11.8 Å². The maximum Gasteiger partial charge on any atom is 0.451 e. The number of hydrogen-bond donors (Lipinski definition) is 2. The van der Waals surface area contributed by atoms with Gasteiger partial charge < -0.3 is 19.4 Å². The summed E-state index contributed by atoms with van der Waals surface area (Å²) < 4.78 is 49.6. The third-order valence-corrected chi connectivity index (χ3v) is 7.80. The molecular formula is C29H35F3N6O3. The number of anilines is 3. The van der Waals surface area contributed by atoms with Crippen LogP contribution in [0.1, 0.15) is 57.7 Å². The van der Waals surface area contributed by atoms with Gasteiger partial charge in [0.25, 0.3) is 6.01 Å². The lowest BCUT2D eigenvalue weighted by molar-refractivity contribution is -0.145. The summed E-state index contributed by atoms with van der Waals surface area (Å²) in [6.07, 6.45) is 6.69. The summed E-state index contributed by atoms with van der Waals surface area (Å²) in [5.41, 5.74) is 2.02. The molecule has 1 amide bonds. The predicted octanol–water partition coefficient (Wildman–Crippen LogP) is 7.00. The second kappa shape index (κ2) is 12.8. The minimum atomic E-state index is -4.54. The van der Waals surface area contributed by atoms with E-state index in [-0.39, 0.29) is 12.6 Å². The van der Waals surface area contributed by atoms with Crippen molar-refractivity contribution in [3.8, 4) is 11.3 Å². The Balaban J connectivity index is 1.20. The molecule has 2 fully saturated rings. The third kappa shape index (κ3) is 7.47. The predicted molar refractivity (Wildman–Crippen MR) is 149 cm³/mol. The van der Waals surface area contributed by atoms with Crippen molar-refractivity contribution in [1.29, 1.82) is 0 Å². The van der Waals surface area contributed by atoms with Crippen molar-refractivity contribution >= 4 is 23.5 Å². The van der Waals surface area contributed by atoms with E-state index in [1.54, 1.807) is 25.3 Å². The van der Waals surface area contributed by atoms with Gasteiger partial charge in [-0.2, -0.15) is 13.2 Å². The van der Waals surface area contributed by atoms with E-state index in [1.807, 2.05) is 12.1 Å². The average Bonchev–Trinajstić information content (AvgIpc) is 3.43. The van der Waals surface area contributed by atoms with Crippen LogP contribution in [0.25, 0.3) is 11.3 Å². The highest BCUT2D eigenvalue weighted by Gasteiger charge is 2.35. The summed E-state index contributed by atoms with van der Waals surface area (Å²) in [5, 5.41) is 6.23. The van der Waals surface area contributed by atoms with Gasteiger partial charge in [-0.05, 0) is 63.0 Å². The van der Waals surface area contributed by atoms with Crippen LogP contribution in [-0.2, 0) is 10.9 Å². The number of amides is 1. The van der Waals surface area contributed by atoms with Gasteiger partial charge in [0.1, 0.15) is 0 Å². The fraction of sp³-hybridized carbons (Fsp3) is 0.517. The first kappa shape index (κ1) is 28.7. The zero-order chi connectivity index (χ0) is 28.8. The van der Waals surface area contributed by atoms with Crippen LogP contribution >= 0.6 is 0 Å². The van der Waals surface area contributed by atoms with Crippen LogP contribution in [0.2, 0.25) is 0 Å². The molecule has 1 aliphatic heterocycles. The number of piperidine rings is 1. The Morgan fingerprint density at radius 2 is 1.90 bits per heavy atom. The summed E-state index contributed by atoms with van der Waals surface area (Å²) in [6.45, 7) is 3.60. The Kier molecular flexibility index (Phi) is 8.94. The van der Waals surface area contributed by atoms with Gasteiger partial charge in [0.2, 0.25) is 5.82 Å². The lowest BCUT2D eigenvalue weighted by Crippen LogP contribution is -2.39. The molecule has 41 heavy (non-hydrogen) atoms. The number of alkyl halides is 3. The van der Waals surface area contributed by atoms with Gasteiger partial charge in [0.05, 0.1) is 30.9 Å². The highest BCUT2D eigenvalue weighted by Crippen LogP contribution is 2.36. The second-order valence-corrected chi connectivity index (χ2v) is 10.7. The standard InChI is InChI=1S/C29H35F3N6O3/c1-2-40-28(39)36-22-10-5-9-21(14-22)25-17-35-27(41-25)37-24-11-4-3-8-20(24)13-19-7-6-12-38(18-19)23-15-33-26(34-16-23)29(30,31)32/h5,9-10,14-17,19-20,24H,2-4,6-8,11-13,18H2,1H3,(H,35,37)(H,36,39)/t19-,20+,24-/m1/s1. The fourth-order valence-electron chi connectivity index (χ4n) is 5.90. The Hall–Kier alpha value is -3.83. The van der Waals surface area contributed by atoms with Crippen molar-refractivity contribution in [2.45, 2.75) is 64.1 Å². The van der Waals surface area contributed by atoms with E-state index in [0.29, 0.717) is 35.0 Å². The summed E-state index contributed by atoms with van der Waals surface area (Å²) in [5.74, 6) is 0.342. The zero-order valence-electron chi connectivity index (χ0n) is 23.0. The summed E-state index contributed by atoms with van der Waals surface area (Å²) in [7, 11) is 0. The Morgan fingerprint density at radius 1 is 1.10 bits per heavy atom. The molecule has 12 heteroatoms. The van der Waals surface area contributed by atoms with Crippen LogP contribution in [-0.4, -0.2) is 46.8 Å². The number of hydrogen-bond acceptors (Lipinski definition) is 8. The maximum atomic E-state index is 12.9. The van der Waals surface area contributed by atoms with Crippen LogP contribution in [0.15, 0.2) is 47.3 Å². The van der Waals surface area contributed by atoms with Crippen molar-refractivity contribution in [3.63, 3.8) is 0 Å².